The van der Waals surface area contributed by atoms with Gasteiger partial charge in [-0.25, -0.2) is 0 Å². The summed E-state index contributed by atoms with van der Waals surface area (Å²) in [6.45, 7) is 5.86. The number of benzene rings is 1. The van der Waals surface area contributed by atoms with Gasteiger partial charge < -0.3 is 10.6 Å². The van der Waals surface area contributed by atoms with Gasteiger partial charge in [-0.05, 0) is 31.7 Å². The Morgan fingerprint density at radius 1 is 1.12 bits per heavy atom. The van der Waals surface area contributed by atoms with Crippen LogP contribution in [-0.2, 0) is 4.79 Å². The van der Waals surface area contributed by atoms with Crippen LogP contribution in [0, 0.1) is 5.92 Å². The van der Waals surface area contributed by atoms with Crippen molar-refractivity contribution in [2.75, 3.05) is 12.4 Å². The molecule has 0 saturated heterocycles. The second-order valence-electron chi connectivity index (χ2n) is 4.28. The molecule has 0 fully saturated rings. The van der Waals surface area contributed by atoms with Crippen LogP contribution in [0.1, 0.15) is 32.4 Å². The molecule has 3 heteroatoms. The third-order valence-corrected chi connectivity index (χ3v) is 2.64. The Morgan fingerprint density at radius 3 is 2.12 bits per heavy atom. The van der Waals surface area contributed by atoms with E-state index in [1.807, 2.05) is 45.2 Å². The molecule has 88 valence electrons. The molecular weight excluding hydrogens is 200 g/mol. The SMILES string of the molecule is CNC(C)c1ccc(NC(=O)C(C)C)cc1. The third kappa shape index (κ3) is 3.35. The molecule has 0 saturated carbocycles. The van der Waals surface area contributed by atoms with Crippen molar-refractivity contribution in [3.63, 3.8) is 0 Å². The monoisotopic (exact) mass is 220 g/mol. The fraction of sp³-hybridized carbons (Fsp3) is 0.462. The van der Waals surface area contributed by atoms with Gasteiger partial charge in [0.1, 0.15) is 0 Å². The van der Waals surface area contributed by atoms with E-state index in [-0.39, 0.29) is 11.8 Å². The minimum atomic E-state index is 0.0101. The molecule has 1 aromatic carbocycles. The molecule has 0 radical (unpaired) electrons. The van der Waals surface area contributed by atoms with E-state index in [9.17, 15) is 4.79 Å². The van der Waals surface area contributed by atoms with E-state index in [0.717, 1.165) is 5.69 Å². The van der Waals surface area contributed by atoms with Gasteiger partial charge in [0.25, 0.3) is 0 Å². The van der Waals surface area contributed by atoms with Gasteiger partial charge in [0.2, 0.25) is 5.91 Å². The fourth-order valence-corrected chi connectivity index (χ4v) is 1.31. The van der Waals surface area contributed by atoms with Crippen molar-refractivity contribution in [1.82, 2.24) is 5.32 Å². The van der Waals surface area contributed by atoms with E-state index in [1.165, 1.54) is 5.56 Å². The summed E-state index contributed by atoms with van der Waals surface area (Å²) in [6.07, 6.45) is 0. The topological polar surface area (TPSA) is 41.1 Å². The van der Waals surface area contributed by atoms with E-state index >= 15 is 0 Å². The molecule has 0 aliphatic heterocycles. The summed E-state index contributed by atoms with van der Waals surface area (Å²) >= 11 is 0. The number of hydrogen-bond donors (Lipinski definition) is 2. The van der Waals surface area contributed by atoms with Gasteiger partial charge in [0.15, 0.2) is 0 Å². The van der Waals surface area contributed by atoms with Gasteiger partial charge >= 0.3 is 0 Å². The number of rotatable bonds is 4. The first-order chi connectivity index (χ1) is 7.54. The summed E-state index contributed by atoms with van der Waals surface area (Å²) in [5.41, 5.74) is 2.07. The molecule has 0 heterocycles. The molecule has 1 amide bonds. The van der Waals surface area contributed by atoms with Crippen LogP contribution in [0.4, 0.5) is 5.69 Å². The maximum atomic E-state index is 11.5. The predicted octanol–water partition coefficient (Wildman–Crippen LogP) is 2.56. The molecule has 0 aliphatic rings. The van der Waals surface area contributed by atoms with Crippen LogP contribution in [0.5, 0.6) is 0 Å². The maximum Gasteiger partial charge on any atom is 0.226 e. The highest BCUT2D eigenvalue weighted by molar-refractivity contribution is 5.92. The standard InChI is InChI=1S/C13H20N2O/c1-9(2)13(16)15-12-7-5-11(6-8-12)10(3)14-4/h5-10,14H,1-4H3,(H,15,16). The lowest BCUT2D eigenvalue weighted by molar-refractivity contribution is -0.118. The number of hydrogen-bond acceptors (Lipinski definition) is 2. The highest BCUT2D eigenvalue weighted by Crippen LogP contribution is 2.16. The molecule has 1 aromatic rings. The van der Waals surface area contributed by atoms with Crippen LogP contribution in [0.3, 0.4) is 0 Å². The molecule has 0 aliphatic carbocycles. The van der Waals surface area contributed by atoms with E-state index in [2.05, 4.69) is 17.6 Å². The van der Waals surface area contributed by atoms with E-state index < -0.39 is 0 Å². The zero-order chi connectivity index (χ0) is 12.1. The molecule has 0 bridgehead atoms. The Balaban J connectivity index is 2.68. The Hall–Kier alpha value is -1.35. The first-order valence-electron chi connectivity index (χ1n) is 5.62. The largest absolute Gasteiger partial charge is 0.326 e. The molecule has 3 nitrogen and oxygen atoms in total. The molecule has 2 N–H and O–H groups in total. The predicted molar refractivity (Wildman–Crippen MR) is 67.4 cm³/mol. The quantitative estimate of drug-likeness (QED) is 0.818. The van der Waals surface area contributed by atoms with Crippen molar-refractivity contribution in [3.8, 4) is 0 Å². The van der Waals surface area contributed by atoms with E-state index in [0.29, 0.717) is 6.04 Å². The number of nitrogens with one attached hydrogen (secondary N) is 2. The van der Waals surface area contributed by atoms with Crippen molar-refractivity contribution in [2.24, 2.45) is 5.92 Å². The number of anilines is 1. The first-order valence-corrected chi connectivity index (χ1v) is 5.62. The summed E-state index contributed by atoms with van der Waals surface area (Å²) in [7, 11) is 1.93. The maximum absolute atomic E-state index is 11.5. The van der Waals surface area contributed by atoms with Crippen LogP contribution in [0.25, 0.3) is 0 Å². The lowest BCUT2D eigenvalue weighted by atomic mass is 10.1. The summed E-state index contributed by atoms with van der Waals surface area (Å²) in [4.78, 5) is 11.5. The number of carbonyl (C=O) groups is 1. The van der Waals surface area contributed by atoms with Crippen LogP contribution in [0.15, 0.2) is 24.3 Å². The first kappa shape index (κ1) is 12.7. The Labute approximate surface area is 97.2 Å². The minimum Gasteiger partial charge on any atom is -0.326 e. The Kier molecular flexibility index (Phi) is 4.50. The van der Waals surface area contributed by atoms with Crippen molar-refractivity contribution < 1.29 is 4.79 Å². The molecule has 0 spiro atoms. The van der Waals surface area contributed by atoms with Gasteiger partial charge in [-0.3, -0.25) is 4.79 Å². The molecule has 1 atom stereocenters. The van der Waals surface area contributed by atoms with Gasteiger partial charge in [-0.1, -0.05) is 26.0 Å². The average Bonchev–Trinajstić information content (AvgIpc) is 2.28. The second kappa shape index (κ2) is 5.66. The highest BCUT2D eigenvalue weighted by Gasteiger charge is 2.07. The molecule has 1 rings (SSSR count). The lowest BCUT2D eigenvalue weighted by Crippen LogP contribution is -2.18. The van der Waals surface area contributed by atoms with Crippen molar-refractivity contribution in [1.29, 1.82) is 0 Å². The van der Waals surface area contributed by atoms with Crippen LogP contribution < -0.4 is 10.6 Å². The minimum absolute atomic E-state index is 0.0101. The lowest BCUT2D eigenvalue weighted by Gasteiger charge is -2.12. The molecule has 16 heavy (non-hydrogen) atoms. The van der Waals surface area contributed by atoms with Crippen LogP contribution in [-0.4, -0.2) is 13.0 Å². The normalized spacial score (nSPS) is 12.6. The van der Waals surface area contributed by atoms with Crippen LogP contribution >= 0.6 is 0 Å². The van der Waals surface area contributed by atoms with E-state index in [1.54, 1.807) is 0 Å². The summed E-state index contributed by atoms with van der Waals surface area (Å²) < 4.78 is 0. The third-order valence-electron chi connectivity index (χ3n) is 2.64. The summed E-state index contributed by atoms with van der Waals surface area (Å²) in [5, 5.41) is 6.04. The molecular formula is C13H20N2O. The Bertz CT molecular complexity index is 343. The van der Waals surface area contributed by atoms with E-state index in [4.69, 9.17) is 0 Å². The number of amides is 1. The van der Waals surface area contributed by atoms with Gasteiger partial charge in [0.05, 0.1) is 0 Å². The summed E-state index contributed by atoms with van der Waals surface area (Å²) in [6, 6.07) is 8.25. The van der Waals surface area contributed by atoms with Gasteiger partial charge in [0, 0.05) is 17.6 Å². The summed E-state index contributed by atoms with van der Waals surface area (Å²) in [5.74, 6) is 0.0605. The molecule has 1 unspecified atom stereocenters. The zero-order valence-electron chi connectivity index (χ0n) is 10.4. The van der Waals surface area contributed by atoms with Crippen LogP contribution in [0.2, 0.25) is 0 Å². The molecule has 0 aromatic heterocycles. The highest BCUT2D eigenvalue weighted by atomic mass is 16.1. The van der Waals surface area contributed by atoms with Crippen molar-refractivity contribution in [3.05, 3.63) is 29.8 Å². The average molecular weight is 220 g/mol. The smallest absolute Gasteiger partial charge is 0.226 e. The fourth-order valence-electron chi connectivity index (χ4n) is 1.31. The van der Waals surface area contributed by atoms with Crippen molar-refractivity contribution >= 4 is 11.6 Å². The number of carbonyl (C=O) groups excluding carboxylic acids is 1. The van der Waals surface area contributed by atoms with Gasteiger partial charge in [-0.2, -0.15) is 0 Å². The van der Waals surface area contributed by atoms with Crippen molar-refractivity contribution in [2.45, 2.75) is 26.8 Å². The van der Waals surface area contributed by atoms with Gasteiger partial charge in [-0.15, -0.1) is 0 Å². The zero-order valence-corrected chi connectivity index (χ0v) is 10.4. The Morgan fingerprint density at radius 2 is 1.69 bits per heavy atom. The second-order valence-corrected chi connectivity index (χ2v) is 4.28.